The van der Waals surface area contributed by atoms with Crippen molar-refractivity contribution >= 4 is 45.9 Å². The summed E-state index contributed by atoms with van der Waals surface area (Å²) in [5.41, 5.74) is 1.59. The van der Waals surface area contributed by atoms with Gasteiger partial charge in [-0.3, -0.25) is 4.99 Å². The molecule has 3 rings (SSSR count). The summed E-state index contributed by atoms with van der Waals surface area (Å²) in [4.78, 5) is 4.37. The summed E-state index contributed by atoms with van der Waals surface area (Å²) in [5, 5.41) is 15.2. The predicted molar refractivity (Wildman–Crippen MR) is 124 cm³/mol. The molecule has 1 heterocycles. The number of benzene rings is 1. The maximum absolute atomic E-state index is 4.37. The van der Waals surface area contributed by atoms with Crippen molar-refractivity contribution in [3.8, 4) is 0 Å². The molecule has 0 bridgehead atoms. The molecule has 1 aliphatic carbocycles. The first-order chi connectivity index (χ1) is 12.5. The molecule has 1 aromatic carbocycles. The van der Waals surface area contributed by atoms with Gasteiger partial charge in [0.1, 0.15) is 5.82 Å². The first-order valence-corrected chi connectivity index (χ1v) is 9.89. The Kier molecular flexibility index (Phi) is 8.08. The van der Waals surface area contributed by atoms with E-state index in [-0.39, 0.29) is 29.4 Å². The number of guanidine groups is 1. The van der Waals surface area contributed by atoms with E-state index in [9.17, 15) is 0 Å². The van der Waals surface area contributed by atoms with E-state index in [2.05, 4.69) is 66.0 Å². The fraction of sp³-hybridized carbons (Fsp3) is 0.526. The second-order valence-corrected chi connectivity index (χ2v) is 7.91. The van der Waals surface area contributed by atoms with Crippen LogP contribution in [-0.4, -0.2) is 34.3 Å². The summed E-state index contributed by atoms with van der Waals surface area (Å²) < 4.78 is 3.11. The average molecular weight is 547 g/mol. The van der Waals surface area contributed by atoms with E-state index < -0.39 is 0 Å². The summed E-state index contributed by atoms with van der Waals surface area (Å²) >= 11 is 3.54. The van der Waals surface area contributed by atoms with Gasteiger partial charge in [-0.1, -0.05) is 40.9 Å². The van der Waals surface area contributed by atoms with E-state index in [4.69, 9.17) is 0 Å². The number of aromatic nitrogens is 3. The summed E-state index contributed by atoms with van der Waals surface area (Å²) in [6.07, 6.45) is 4.98. The van der Waals surface area contributed by atoms with Crippen LogP contribution in [0.25, 0.3) is 0 Å². The van der Waals surface area contributed by atoms with Crippen molar-refractivity contribution in [3.05, 3.63) is 46.0 Å². The number of nitrogens with one attached hydrogen (secondary N) is 2. The fourth-order valence-corrected chi connectivity index (χ4v) is 3.93. The molecule has 0 unspecified atom stereocenters. The van der Waals surface area contributed by atoms with Crippen molar-refractivity contribution in [1.29, 1.82) is 0 Å². The maximum atomic E-state index is 4.37. The van der Waals surface area contributed by atoms with Gasteiger partial charge in [-0.15, -0.1) is 34.2 Å². The highest BCUT2D eigenvalue weighted by atomic mass is 127. The number of aliphatic imine (C=N–C) groups is 1. The first kappa shape index (κ1) is 22.1. The zero-order valence-electron chi connectivity index (χ0n) is 16.1. The lowest BCUT2D eigenvalue weighted by molar-refractivity contribution is 0.431. The predicted octanol–water partition coefficient (Wildman–Crippen LogP) is 3.68. The van der Waals surface area contributed by atoms with Crippen LogP contribution in [0.4, 0.5) is 0 Å². The Labute approximate surface area is 186 Å². The molecule has 1 fully saturated rings. The molecule has 8 heteroatoms. The van der Waals surface area contributed by atoms with Gasteiger partial charge in [0.25, 0.3) is 0 Å². The number of aryl methyl sites for hydroxylation is 1. The quantitative estimate of drug-likeness (QED) is 0.341. The van der Waals surface area contributed by atoms with Crippen molar-refractivity contribution in [2.24, 2.45) is 12.0 Å². The smallest absolute Gasteiger partial charge is 0.191 e. The SMILES string of the molecule is CN=C(NCc1nnc(C)n1C)NCC1(c2ccc(Br)cc2)CCCC1.I. The molecule has 0 radical (unpaired) electrons. The summed E-state index contributed by atoms with van der Waals surface area (Å²) in [6.45, 7) is 3.43. The van der Waals surface area contributed by atoms with Gasteiger partial charge >= 0.3 is 0 Å². The second kappa shape index (κ2) is 9.86. The second-order valence-electron chi connectivity index (χ2n) is 7.00. The Hall–Kier alpha value is -1.16. The highest BCUT2D eigenvalue weighted by molar-refractivity contribution is 14.0. The summed E-state index contributed by atoms with van der Waals surface area (Å²) in [7, 11) is 3.78. The first-order valence-electron chi connectivity index (χ1n) is 9.09. The molecule has 2 N–H and O–H groups in total. The molecule has 0 amide bonds. The fourth-order valence-electron chi connectivity index (χ4n) is 3.66. The van der Waals surface area contributed by atoms with Crippen LogP contribution in [-0.2, 0) is 19.0 Å². The molecule has 1 aliphatic rings. The zero-order valence-corrected chi connectivity index (χ0v) is 20.0. The third-order valence-corrected chi connectivity index (χ3v) is 5.96. The molecule has 27 heavy (non-hydrogen) atoms. The van der Waals surface area contributed by atoms with Crippen molar-refractivity contribution in [2.75, 3.05) is 13.6 Å². The van der Waals surface area contributed by atoms with Crippen LogP contribution in [0.5, 0.6) is 0 Å². The monoisotopic (exact) mass is 546 g/mol. The molecule has 1 saturated carbocycles. The normalized spacial score (nSPS) is 16.1. The number of hydrogen-bond donors (Lipinski definition) is 2. The molecule has 6 nitrogen and oxygen atoms in total. The van der Waals surface area contributed by atoms with E-state index in [0.29, 0.717) is 6.54 Å². The largest absolute Gasteiger partial charge is 0.356 e. The molecular formula is C19H28BrIN6. The summed E-state index contributed by atoms with van der Waals surface area (Å²) in [5.74, 6) is 2.60. The minimum absolute atomic E-state index is 0. The lowest BCUT2D eigenvalue weighted by Gasteiger charge is -2.31. The standard InChI is InChI=1S/C19H27BrN6.HI/c1-14-24-25-17(26(14)3)12-22-18(21-2)23-13-19(10-4-5-11-19)15-6-8-16(20)9-7-15;/h6-9H,4-5,10-13H2,1-3H3,(H2,21,22,23);1H. The molecule has 0 spiro atoms. The lowest BCUT2D eigenvalue weighted by atomic mass is 9.79. The number of rotatable bonds is 5. The molecule has 2 aromatic rings. The minimum atomic E-state index is 0. The number of nitrogens with zero attached hydrogens (tertiary/aromatic N) is 4. The maximum Gasteiger partial charge on any atom is 0.191 e. The van der Waals surface area contributed by atoms with Gasteiger partial charge in [0.05, 0.1) is 6.54 Å². The van der Waals surface area contributed by atoms with E-state index in [1.807, 2.05) is 18.5 Å². The van der Waals surface area contributed by atoms with E-state index in [1.165, 1.54) is 31.2 Å². The van der Waals surface area contributed by atoms with E-state index >= 15 is 0 Å². The van der Waals surface area contributed by atoms with Crippen molar-refractivity contribution < 1.29 is 0 Å². The van der Waals surface area contributed by atoms with Crippen LogP contribution < -0.4 is 10.6 Å². The Morgan fingerprint density at radius 1 is 1.19 bits per heavy atom. The lowest BCUT2D eigenvalue weighted by Crippen LogP contribution is -2.44. The Balaban J connectivity index is 0.00000261. The molecule has 0 saturated heterocycles. The van der Waals surface area contributed by atoms with Crippen LogP contribution in [0.3, 0.4) is 0 Å². The minimum Gasteiger partial charge on any atom is -0.356 e. The third kappa shape index (κ3) is 5.22. The van der Waals surface area contributed by atoms with Crippen molar-refractivity contribution in [2.45, 2.75) is 44.6 Å². The number of halogens is 2. The molecule has 1 aromatic heterocycles. The van der Waals surface area contributed by atoms with Gasteiger partial charge in [0.2, 0.25) is 0 Å². The van der Waals surface area contributed by atoms with Gasteiger partial charge in [-0.2, -0.15) is 0 Å². The van der Waals surface area contributed by atoms with Crippen LogP contribution in [0.2, 0.25) is 0 Å². The molecule has 0 aliphatic heterocycles. The zero-order chi connectivity index (χ0) is 18.6. The Bertz CT molecular complexity index is 765. The average Bonchev–Trinajstić information content (AvgIpc) is 3.25. The van der Waals surface area contributed by atoms with Gasteiger partial charge < -0.3 is 15.2 Å². The van der Waals surface area contributed by atoms with Gasteiger partial charge in [-0.05, 0) is 37.5 Å². The Morgan fingerprint density at radius 2 is 1.85 bits per heavy atom. The number of hydrogen-bond acceptors (Lipinski definition) is 3. The van der Waals surface area contributed by atoms with Crippen LogP contribution in [0.1, 0.15) is 42.9 Å². The van der Waals surface area contributed by atoms with Crippen LogP contribution >= 0.6 is 39.9 Å². The van der Waals surface area contributed by atoms with Gasteiger partial charge in [0.15, 0.2) is 11.8 Å². The van der Waals surface area contributed by atoms with Crippen molar-refractivity contribution in [3.63, 3.8) is 0 Å². The Morgan fingerprint density at radius 3 is 2.41 bits per heavy atom. The molecular weight excluding hydrogens is 519 g/mol. The summed E-state index contributed by atoms with van der Waals surface area (Å²) in [6, 6.07) is 8.77. The van der Waals surface area contributed by atoms with Gasteiger partial charge in [0, 0.05) is 30.5 Å². The molecule has 148 valence electrons. The topological polar surface area (TPSA) is 67.1 Å². The van der Waals surface area contributed by atoms with Crippen LogP contribution in [0, 0.1) is 6.92 Å². The van der Waals surface area contributed by atoms with Crippen LogP contribution in [0.15, 0.2) is 33.7 Å². The van der Waals surface area contributed by atoms with Gasteiger partial charge in [-0.25, -0.2) is 0 Å². The molecule has 0 atom stereocenters. The van der Waals surface area contributed by atoms with E-state index in [0.717, 1.165) is 28.6 Å². The highest BCUT2D eigenvalue weighted by Crippen LogP contribution is 2.40. The van der Waals surface area contributed by atoms with E-state index in [1.54, 1.807) is 7.05 Å². The highest BCUT2D eigenvalue weighted by Gasteiger charge is 2.35. The third-order valence-electron chi connectivity index (χ3n) is 5.43. The van der Waals surface area contributed by atoms with Crippen molar-refractivity contribution in [1.82, 2.24) is 25.4 Å².